The van der Waals surface area contributed by atoms with Crippen molar-refractivity contribution in [1.82, 2.24) is 14.7 Å². The highest BCUT2D eigenvalue weighted by molar-refractivity contribution is 7.90. The van der Waals surface area contributed by atoms with Crippen molar-refractivity contribution >= 4 is 21.6 Å². The van der Waals surface area contributed by atoms with Crippen molar-refractivity contribution in [2.75, 3.05) is 26.0 Å². The Kier molecular flexibility index (Phi) is 6.46. The Bertz CT molecular complexity index is 1080. The zero-order valence-corrected chi connectivity index (χ0v) is 17.3. The summed E-state index contributed by atoms with van der Waals surface area (Å²) in [5.41, 5.74) is 0.965. The molecular formula is C21H24N4O3S. The first-order chi connectivity index (χ1) is 13.8. The number of amides is 1. The number of nitrogens with one attached hydrogen (secondary N) is 1. The SMILES string of the molecule is CN(C)CCn1ccc(NC(=O)c2cccc(S(=O)(=O)Cc3ccccc3)c2)n1. The van der Waals surface area contributed by atoms with Gasteiger partial charge in [-0.05, 0) is 37.9 Å². The summed E-state index contributed by atoms with van der Waals surface area (Å²) in [5, 5.41) is 7.03. The van der Waals surface area contributed by atoms with Gasteiger partial charge >= 0.3 is 0 Å². The molecule has 0 aliphatic rings. The summed E-state index contributed by atoms with van der Waals surface area (Å²) in [6.07, 6.45) is 1.79. The second-order valence-corrected chi connectivity index (χ2v) is 8.98. The van der Waals surface area contributed by atoms with Crippen molar-refractivity contribution in [2.24, 2.45) is 0 Å². The van der Waals surface area contributed by atoms with Crippen molar-refractivity contribution in [3.8, 4) is 0 Å². The van der Waals surface area contributed by atoms with Crippen LogP contribution >= 0.6 is 0 Å². The molecule has 152 valence electrons. The van der Waals surface area contributed by atoms with Gasteiger partial charge in [-0.2, -0.15) is 5.10 Å². The molecule has 0 saturated heterocycles. The first kappa shape index (κ1) is 20.8. The van der Waals surface area contributed by atoms with Crippen LogP contribution in [0.25, 0.3) is 0 Å². The molecule has 8 heteroatoms. The van der Waals surface area contributed by atoms with Crippen LogP contribution in [0.3, 0.4) is 0 Å². The Balaban J connectivity index is 1.71. The van der Waals surface area contributed by atoms with E-state index in [0.717, 1.165) is 6.54 Å². The molecule has 2 aromatic carbocycles. The summed E-state index contributed by atoms with van der Waals surface area (Å²) in [4.78, 5) is 14.7. The summed E-state index contributed by atoms with van der Waals surface area (Å²) >= 11 is 0. The molecule has 0 unspecified atom stereocenters. The van der Waals surface area contributed by atoms with Crippen LogP contribution in [0.5, 0.6) is 0 Å². The van der Waals surface area contributed by atoms with Gasteiger partial charge in [-0.1, -0.05) is 36.4 Å². The van der Waals surface area contributed by atoms with Gasteiger partial charge in [0.25, 0.3) is 5.91 Å². The maximum absolute atomic E-state index is 12.7. The summed E-state index contributed by atoms with van der Waals surface area (Å²) < 4.78 is 27.2. The number of hydrogen-bond donors (Lipinski definition) is 1. The van der Waals surface area contributed by atoms with Crippen molar-refractivity contribution in [3.63, 3.8) is 0 Å². The van der Waals surface area contributed by atoms with Gasteiger partial charge in [-0.3, -0.25) is 9.48 Å². The molecule has 0 atom stereocenters. The lowest BCUT2D eigenvalue weighted by molar-refractivity contribution is 0.102. The minimum absolute atomic E-state index is 0.116. The number of sulfone groups is 1. The average molecular weight is 413 g/mol. The van der Waals surface area contributed by atoms with Crippen molar-refractivity contribution < 1.29 is 13.2 Å². The van der Waals surface area contributed by atoms with Crippen LogP contribution in [-0.2, 0) is 22.1 Å². The third-order valence-electron chi connectivity index (χ3n) is 4.31. The average Bonchev–Trinajstić information content (AvgIpc) is 3.14. The number of hydrogen-bond acceptors (Lipinski definition) is 5. The summed E-state index contributed by atoms with van der Waals surface area (Å²) in [6.45, 7) is 1.53. The monoisotopic (exact) mass is 412 g/mol. The molecule has 0 fully saturated rings. The maximum atomic E-state index is 12.7. The second-order valence-electron chi connectivity index (χ2n) is 6.99. The third-order valence-corrected chi connectivity index (χ3v) is 6.00. The van der Waals surface area contributed by atoms with Crippen LogP contribution < -0.4 is 5.32 Å². The molecule has 1 amide bonds. The lowest BCUT2D eigenvalue weighted by Gasteiger charge is -2.09. The van der Waals surface area contributed by atoms with Gasteiger partial charge in [0.05, 0.1) is 17.2 Å². The highest BCUT2D eigenvalue weighted by Gasteiger charge is 2.17. The minimum atomic E-state index is -3.56. The summed E-state index contributed by atoms with van der Waals surface area (Å²) in [6, 6.07) is 16.7. The third kappa shape index (κ3) is 5.75. The number of nitrogens with zero attached hydrogens (tertiary/aromatic N) is 3. The van der Waals surface area contributed by atoms with E-state index in [1.54, 1.807) is 53.3 Å². The van der Waals surface area contributed by atoms with Gasteiger partial charge in [0, 0.05) is 24.4 Å². The standard InChI is InChI=1S/C21H24N4O3S/c1-24(2)13-14-25-12-11-20(23-25)22-21(26)18-9-6-10-19(15-18)29(27,28)16-17-7-4-3-5-8-17/h3-12,15H,13-14,16H2,1-2H3,(H,22,23,26). The van der Waals surface area contributed by atoms with E-state index in [0.29, 0.717) is 17.9 Å². The summed E-state index contributed by atoms with van der Waals surface area (Å²) in [5.74, 6) is -0.0965. The van der Waals surface area contributed by atoms with Crippen molar-refractivity contribution in [3.05, 3.63) is 78.0 Å². The second kappa shape index (κ2) is 9.02. The van der Waals surface area contributed by atoms with Gasteiger partial charge in [0.15, 0.2) is 15.7 Å². The smallest absolute Gasteiger partial charge is 0.256 e. The van der Waals surface area contributed by atoms with E-state index in [4.69, 9.17) is 0 Å². The molecule has 0 aliphatic carbocycles. The van der Waals surface area contributed by atoms with Gasteiger partial charge in [0.2, 0.25) is 0 Å². The molecule has 1 N–H and O–H groups in total. The van der Waals surface area contributed by atoms with Gasteiger partial charge in [-0.25, -0.2) is 8.42 Å². The Hall–Kier alpha value is -2.97. The number of aromatic nitrogens is 2. The maximum Gasteiger partial charge on any atom is 0.256 e. The van der Waals surface area contributed by atoms with Crippen LogP contribution in [-0.4, -0.2) is 49.6 Å². The molecule has 0 saturated carbocycles. The quantitative estimate of drug-likeness (QED) is 0.615. The molecule has 0 bridgehead atoms. The molecule has 0 aliphatic heterocycles. The number of carbonyl (C=O) groups excluding carboxylic acids is 1. The fraction of sp³-hybridized carbons (Fsp3) is 0.238. The summed E-state index contributed by atoms with van der Waals surface area (Å²) in [7, 11) is 0.396. The molecule has 0 radical (unpaired) electrons. The normalized spacial score (nSPS) is 11.6. The van der Waals surface area contributed by atoms with E-state index in [1.807, 2.05) is 25.1 Å². The molecule has 3 rings (SSSR count). The van der Waals surface area contributed by atoms with Crippen molar-refractivity contribution in [2.45, 2.75) is 17.2 Å². The Labute approximate surface area is 170 Å². The Morgan fingerprint density at radius 1 is 1.07 bits per heavy atom. The van der Waals surface area contributed by atoms with E-state index >= 15 is 0 Å². The van der Waals surface area contributed by atoms with Gasteiger partial charge in [0.1, 0.15) is 0 Å². The zero-order chi connectivity index (χ0) is 20.9. The molecule has 29 heavy (non-hydrogen) atoms. The fourth-order valence-electron chi connectivity index (χ4n) is 2.75. The molecule has 7 nitrogen and oxygen atoms in total. The van der Waals surface area contributed by atoms with Crippen LogP contribution in [0.4, 0.5) is 5.82 Å². The van der Waals surface area contributed by atoms with E-state index in [9.17, 15) is 13.2 Å². The van der Waals surface area contributed by atoms with Crippen LogP contribution in [0.1, 0.15) is 15.9 Å². The number of benzene rings is 2. The zero-order valence-electron chi connectivity index (χ0n) is 16.4. The minimum Gasteiger partial charge on any atom is -0.308 e. The lowest BCUT2D eigenvalue weighted by Crippen LogP contribution is -2.19. The van der Waals surface area contributed by atoms with E-state index in [1.165, 1.54) is 12.1 Å². The molecule has 1 aromatic heterocycles. The first-order valence-electron chi connectivity index (χ1n) is 9.20. The molecule has 0 spiro atoms. The first-order valence-corrected chi connectivity index (χ1v) is 10.8. The number of likely N-dealkylation sites (N-methyl/N-ethyl adjacent to an activating group) is 1. The molecular weight excluding hydrogens is 388 g/mol. The highest BCUT2D eigenvalue weighted by atomic mass is 32.2. The van der Waals surface area contributed by atoms with Crippen molar-refractivity contribution in [1.29, 1.82) is 0 Å². The van der Waals surface area contributed by atoms with Gasteiger partial charge in [-0.15, -0.1) is 0 Å². The molecule has 3 aromatic rings. The largest absolute Gasteiger partial charge is 0.308 e. The van der Waals surface area contributed by atoms with Crippen LogP contribution in [0, 0.1) is 0 Å². The van der Waals surface area contributed by atoms with Crippen LogP contribution in [0.2, 0.25) is 0 Å². The predicted molar refractivity (Wildman–Crippen MR) is 113 cm³/mol. The topological polar surface area (TPSA) is 84.3 Å². The van der Waals surface area contributed by atoms with Crippen LogP contribution in [0.15, 0.2) is 71.8 Å². The molecule has 1 heterocycles. The van der Waals surface area contributed by atoms with Gasteiger partial charge < -0.3 is 10.2 Å². The van der Waals surface area contributed by atoms with E-state index in [-0.39, 0.29) is 16.2 Å². The highest BCUT2D eigenvalue weighted by Crippen LogP contribution is 2.18. The number of rotatable bonds is 8. The van der Waals surface area contributed by atoms with E-state index in [2.05, 4.69) is 10.4 Å². The van der Waals surface area contributed by atoms with E-state index < -0.39 is 15.7 Å². The Morgan fingerprint density at radius 3 is 2.55 bits per heavy atom. The lowest BCUT2D eigenvalue weighted by atomic mass is 10.2. The number of carbonyl (C=O) groups is 1. The fourth-order valence-corrected chi connectivity index (χ4v) is 4.14. The Morgan fingerprint density at radius 2 is 1.83 bits per heavy atom. The number of anilines is 1. The predicted octanol–water partition coefficient (Wildman–Crippen LogP) is 2.67.